The molecule has 1 aromatic carbocycles. The van der Waals surface area contributed by atoms with Gasteiger partial charge in [-0.3, -0.25) is 9.59 Å². The van der Waals surface area contributed by atoms with Crippen LogP contribution in [0.3, 0.4) is 0 Å². The summed E-state index contributed by atoms with van der Waals surface area (Å²) in [7, 11) is 1.57. The predicted octanol–water partition coefficient (Wildman–Crippen LogP) is 1.58. The van der Waals surface area contributed by atoms with Crippen LogP contribution in [0.25, 0.3) is 0 Å². The number of carbonyl (C=O) groups is 2. The fourth-order valence-corrected chi connectivity index (χ4v) is 2.63. The van der Waals surface area contributed by atoms with E-state index in [-0.39, 0.29) is 18.2 Å². The first kappa shape index (κ1) is 15.6. The number of hydrogen-bond acceptors (Lipinski definition) is 3. The van der Waals surface area contributed by atoms with Gasteiger partial charge < -0.3 is 14.5 Å². The van der Waals surface area contributed by atoms with E-state index in [1.54, 1.807) is 42.0 Å². The van der Waals surface area contributed by atoms with Gasteiger partial charge in [0.05, 0.1) is 13.5 Å². The molecule has 0 unspecified atom stereocenters. The number of methoxy groups -OCH3 is 1. The van der Waals surface area contributed by atoms with Crippen LogP contribution in [-0.2, 0) is 16.0 Å². The molecule has 0 bridgehead atoms. The zero-order valence-corrected chi connectivity index (χ0v) is 13.0. The lowest BCUT2D eigenvalue weighted by atomic mass is 10.1. The summed E-state index contributed by atoms with van der Waals surface area (Å²) in [5.74, 6) is 0.743. The van der Waals surface area contributed by atoms with Crippen LogP contribution in [0.1, 0.15) is 12.5 Å². The maximum absolute atomic E-state index is 12.3. The number of rotatable bonds is 3. The van der Waals surface area contributed by atoms with Gasteiger partial charge in [-0.05, 0) is 18.2 Å². The van der Waals surface area contributed by atoms with Crippen molar-refractivity contribution in [3.8, 4) is 5.75 Å². The lowest BCUT2D eigenvalue weighted by molar-refractivity contribution is -0.138. The standard InChI is InChI=1S/C15H19ClN2O3/c1-11(19)17-5-7-18(8-6-17)15(20)10-12-9-13(16)3-4-14(12)21-2/h3-4,9H,5-8,10H2,1-2H3. The first-order valence-corrected chi connectivity index (χ1v) is 7.24. The van der Waals surface area contributed by atoms with Gasteiger partial charge in [0.1, 0.15) is 5.75 Å². The molecule has 0 spiro atoms. The number of hydrogen-bond donors (Lipinski definition) is 0. The van der Waals surface area contributed by atoms with Crippen LogP contribution in [0.4, 0.5) is 0 Å². The molecule has 0 aromatic heterocycles. The SMILES string of the molecule is COc1ccc(Cl)cc1CC(=O)N1CCN(C(C)=O)CC1. The lowest BCUT2D eigenvalue weighted by Crippen LogP contribution is -2.50. The molecular formula is C15H19ClN2O3. The molecule has 5 nitrogen and oxygen atoms in total. The Morgan fingerprint density at radius 1 is 1.19 bits per heavy atom. The van der Waals surface area contributed by atoms with Crippen molar-refractivity contribution in [1.29, 1.82) is 0 Å². The smallest absolute Gasteiger partial charge is 0.227 e. The van der Waals surface area contributed by atoms with Gasteiger partial charge in [0, 0.05) is 43.7 Å². The van der Waals surface area contributed by atoms with E-state index in [0.29, 0.717) is 37.0 Å². The Balaban J connectivity index is 1.99. The highest BCUT2D eigenvalue weighted by Gasteiger charge is 2.23. The average Bonchev–Trinajstić information content (AvgIpc) is 2.47. The molecule has 2 amide bonds. The highest BCUT2D eigenvalue weighted by molar-refractivity contribution is 6.30. The Morgan fingerprint density at radius 2 is 1.81 bits per heavy atom. The monoisotopic (exact) mass is 310 g/mol. The molecule has 2 rings (SSSR count). The lowest BCUT2D eigenvalue weighted by Gasteiger charge is -2.34. The maximum Gasteiger partial charge on any atom is 0.227 e. The molecular weight excluding hydrogens is 292 g/mol. The fourth-order valence-electron chi connectivity index (χ4n) is 2.43. The largest absolute Gasteiger partial charge is 0.496 e. The molecule has 0 N–H and O–H groups in total. The van der Waals surface area contributed by atoms with Gasteiger partial charge in [-0.1, -0.05) is 11.6 Å². The van der Waals surface area contributed by atoms with Crippen LogP contribution in [0.15, 0.2) is 18.2 Å². The molecule has 0 atom stereocenters. The molecule has 1 aliphatic heterocycles. The second-order valence-corrected chi connectivity index (χ2v) is 5.46. The molecule has 114 valence electrons. The normalized spacial score (nSPS) is 15.0. The summed E-state index contributed by atoms with van der Waals surface area (Å²) >= 11 is 5.97. The highest BCUT2D eigenvalue weighted by atomic mass is 35.5. The Kier molecular flexibility index (Phi) is 5.07. The van der Waals surface area contributed by atoms with Crippen molar-refractivity contribution in [2.24, 2.45) is 0 Å². The third-order valence-corrected chi connectivity index (χ3v) is 3.90. The molecule has 1 heterocycles. The van der Waals surface area contributed by atoms with Crippen LogP contribution in [0.2, 0.25) is 5.02 Å². The molecule has 21 heavy (non-hydrogen) atoms. The first-order chi connectivity index (χ1) is 10.0. The van der Waals surface area contributed by atoms with Crippen LogP contribution in [-0.4, -0.2) is 54.9 Å². The van der Waals surface area contributed by atoms with Crippen LogP contribution < -0.4 is 4.74 Å². The molecule has 1 fully saturated rings. The molecule has 1 aromatic rings. The van der Waals surface area contributed by atoms with E-state index in [4.69, 9.17) is 16.3 Å². The van der Waals surface area contributed by atoms with Gasteiger partial charge in [-0.15, -0.1) is 0 Å². The van der Waals surface area contributed by atoms with E-state index in [1.165, 1.54) is 0 Å². The van der Waals surface area contributed by atoms with Gasteiger partial charge in [0.15, 0.2) is 0 Å². The van der Waals surface area contributed by atoms with E-state index in [1.807, 2.05) is 0 Å². The van der Waals surface area contributed by atoms with E-state index in [0.717, 1.165) is 5.56 Å². The number of amides is 2. The van der Waals surface area contributed by atoms with E-state index < -0.39 is 0 Å². The molecule has 0 saturated carbocycles. The van der Waals surface area contributed by atoms with Crippen molar-refractivity contribution in [2.75, 3.05) is 33.3 Å². The number of halogens is 1. The van der Waals surface area contributed by atoms with Crippen LogP contribution in [0, 0.1) is 0 Å². The minimum atomic E-state index is 0.0266. The van der Waals surface area contributed by atoms with Gasteiger partial charge in [0.25, 0.3) is 0 Å². The average molecular weight is 311 g/mol. The zero-order valence-electron chi connectivity index (χ0n) is 12.3. The van der Waals surface area contributed by atoms with E-state index in [2.05, 4.69) is 0 Å². The maximum atomic E-state index is 12.3. The minimum absolute atomic E-state index is 0.0266. The molecule has 1 aliphatic rings. The predicted molar refractivity (Wildman–Crippen MR) is 80.5 cm³/mol. The first-order valence-electron chi connectivity index (χ1n) is 6.87. The van der Waals surface area contributed by atoms with E-state index in [9.17, 15) is 9.59 Å². The van der Waals surface area contributed by atoms with Gasteiger partial charge in [0.2, 0.25) is 11.8 Å². The van der Waals surface area contributed by atoms with E-state index >= 15 is 0 Å². The molecule has 1 saturated heterocycles. The Hall–Kier alpha value is -1.75. The van der Waals surface area contributed by atoms with Gasteiger partial charge in [-0.2, -0.15) is 0 Å². The topological polar surface area (TPSA) is 49.9 Å². The minimum Gasteiger partial charge on any atom is -0.496 e. The quantitative estimate of drug-likeness (QED) is 0.852. The number of benzene rings is 1. The summed E-state index contributed by atoms with van der Waals surface area (Å²) in [6.45, 7) is 3.87. The Morgan fingerprint density at radius 3 is 2.38 bits per heavy atom. The molecule has 0 radical (unpaired) electrons. The van der Waals surface area contributed by atoms with Crippen molar-refractivity contribution in [2.45, 2.75) is 13.3 Å². The summed E-state index contributed by atoms with van der Waals surface area (Å²) in [5, 5.41) is 0.583. The summed E-state index contributed by atoms with van der Waals surface area (Å²) in [4.78, 5) is 27.2. The van der Waals surface area contributed by atoms with Crippen LogP contribution >= 0.6 is 11.6 Å². The van der Waals surface area contributed by atoms with Crippen molar-refractivity contribution in [1.82, 2.24) is 9.80 Å². The number of carbonyl (C=O) groups excluding carboxylic acids is 2. The molecule has 6 heteroatoms. The van der Waals surface area contributed by atoms with Crippen molar-refractivity contribution in [3.05, 3.63) is 28.8 Å². The van der Waals surface area contributed by atoms with Crippen molar-refractivity contribution >= 4 is 23.4 Å². The summed E-state index contributed by atoms with van der Waals surface area (Å²) in [6.07, 6.45) is 0.254. The van der Waals surface area contributed by atoms with Crippen molar-refractivity contribution in [3.63, 3.8) is 0 Å². The highest BCUT2D eigenvalue weighted by Crippen LogP contribution is 2.23. The molecule has 0 aliphatic carbocycles. The van der Waals surface area contributed by atoms with Crippen molar-refractivity contribution < 1.29 is 14.3 Å². The second kappa shape index (κ2) is 6.80. The number of ether oxygens (including phenoxy) is 1. The second-order valence-electron chi connectivity index (χ2n) is 5.02. The fraction of sp³-hybridized carbons (Fsp3) is 0.467. The van der Waals surface area contributed by atoms with Gasteiger partial charge in [-0.25, -0.2) is 0 Å². The Labute approximate surface area is 129 Å². The van der Waals surface area contributed by atoms with Crippen LogP contribution in [0.5, 0.6) is 5.75 Å². The number of nitrogens with zero attached hydrogens (tertiary/aromatic N) is 2. The third-order valence-electron chi connectivity index (χ3n) is 3.66. The Bertz CT molecular complexity index is 540. The zero-order chi connectivity index (χ0) is 15.4. The number of piperazine rings is 1. The summed E-state index contributed by atoms with van der Waals surface area (Å²) in [6, 6.07) is 5.25. The summed E-state index contributed by atoms with van der Waals surface area (Å²) < 4.78 is 5.25. The third kappa shape index (κ3) is 3.88. The summed E-state index contributed by atoms with van der Waals surface area (Å²) in [5.41, 5.74) is 0.781. The van der Waals surface area contributed by atoms with Gasteiger partial charge >= 0.3 is 0 Å².